The standard InChI is InChI=1S/C12H21N3O/c1-15(2)9-4-7-13-8-10-16-12-5-3-6-14-11-12/h3,5-6,11,13H,4,7-10H2,1-2H3. The van der Waals surface area contributed by atoms with E-state index in [4.69, 9.17) is 4.74 Å². The second-order valence-corrected chi connectivity index (χ2v) is 3.94. The van der Waals surface area contributed by atoms with E-state index in [-0.39, 0.29) is 0 Å². The van der Waals surface area contributed by atoms with Crippen LogP contribution in [0.1, 0.15) is 6.42 Å². The monoisotopic (exact) mass is 223 g/mol. The van der Waals surface area contributed by atoms with Gasteiger partial charge in [-0.15, -0.1) is 0 Å². The maximum absolute atomic E-state index is 5.50. The molecule has 4 nitrogen and oxygen atoms in total. The summed E-state index contributed by atoms with van der Waals surface area (Å²) in [5, 5.41) is 3.34. The average Bonchev–Trinajstić information content (AvgIpc) is 2.29. The Morgan fingerprint density at radius 1 is 1.38 bits per heavy atom. The first-order chi connectivity index (χ1) is 7.79. The van der Waals surface area contributed by atoms with Crippen molar-refractivity contribution in [1.82, 2.24) is 15.2 Å². The lowest BCUT2D eigenvalue weighted by molar-refractivity contribution is 0.310. The van der Waals surface area contributed by atoms with Crippen LogP contribution < -0.4 is 10.1 Å². The summed E-state index contributed by atoms with van der Waals surface area (Å²) in [6, 6.07) is 3.79. The second kappa shape index (κ2) is 8.07. The topological polar surface area (TPSA) is 37.4 Å². The SMILES string of the molecule is CN(C)CCCNCCOc1cccnc1. The van der Waals surface area contributed by atoms with Gasteiger partial charge in [-0.2, -0.15) is 0 Å². The molecule has 0 saturated heterocycles. The number of nitrogens with one attached hydrogen (secondary N) is 1. The van der Waals surface area contributed by atoms with Gasteiger partial charge in [0.15, 0.2) is 0 Å². The lowest BCUT2D eigenvalue weighted by atomic mass is 10.4. The molecule has 0 atom stereocenters. The summed E-state index contributed by atoms with van der Waals surface area (Å²) in [7, 11) is 4.18. The van der Waals surface area contributed by atoms with Gasteiger partial charge in [0.2, 0.25) is 0 Å². The number of hydrogen-bond donors (Lipinski definition) is 1. The summed E-state index contributed by atoms with van der Waals surface area (Å²) in [5.41, 5.74) is 0. The molecule has 0 amide bonds. The summed E-state index contributed by atoms with van der Waals surface area (Å²) in [6.07, 6.45) is 4.64. The number of rotatable bonds is 8. The molecule has 1 rings (SSSR count). The lowest BCUT2D eigenvalue weighted by Crippen LogP contribution is -2.25. The molecule has 4 heteroatoms. The fourth-order valence-electron chi connectivity index (χ4n) is 1.32. The Hall–Kier alpha value is -1.13. The molecule has 0 spiro atoms. The molecular weight excluding hydrogens is 202 g/mol. The van der Waals surface area contributed by atoms with Crippen molar-refractivity contribution < 1.29 is 4.74 Å². The minimum absolute atomic E-state index is 0.688. The minimum Gasteiger partial charge on any atom is -0.491 e. The highest BCUT2D eigenvalue weighted by Gasteiger charge is 1.93. The number of nitrogens with zero attached hydrogens (tertiary/aromatic N) is 2. The molecular formula is C12H21N3O. The largest absolute Gasteiger partial charge is 0.491 e. The zero-order valence-electron chi connectivity index (χ0n) is 10.1. The normalized spacial score (nSPS) is 10.7. The van der Waals surface area contributed by atoms with Gasteiger partial charge in [0.25, 0.3) is 0 Å². The molecule has 90 valence electrons. The first kappa shape index (κ1) is 12.9. The van der Waals surface area contributed by atoms with Crippen molar-refractivity contribution in [1.29, 1.82) is 0 Å². The smallest absolute Gasteiger partial charge is 0.137 e. The molecule has 1 aromatic heterocycles. The van der Waals surface area contributed by atoms with Gasteiger partial charge >= 0.3 is 0 Å². The molecule has 0 bridgehead atoms. The van der Waals surface area contributed by atoms with Gasteiger partial charge in [-0.3, -0.25) is 4.98 Å². The molecule has 0 radical (unpaired) electrons. The van der Waals surface area contributed by atoms with E-state index in [2.05, 4.69) is 29.3 Å². The first-order valence-electron chi connectivity index (χ1n) is 5.67. The highest BCUT2D eigenvalue weighted by Crippen LogP contribution is 2.04. The van der Waals surface area contributed by atoms with Crippen molar-refractivity contribution in [3.8, 4) is 5.75 Å². The third-order valence-electron chi connectivity index (χ3n) is 2.14. The summed E-state index contributed by atoms with van der Waals surface area (Å²) in [6.45, 7) is 3.72. The molecule has 0 unspecified atom stereocenters. The number of hydrogen-bond acceptors (Lipinski definition) is 4. The van der Waals surface area contributed by atoms with Crippen LogP contribution in [0.25, 0.3) is 0 Å². The molecule has 0 aromatic carbocycles. The number of aromatic nitrogens is 1. The Balaban J connectivity index is 1.93. The van der Waals surface area contributed by atoms with Gasteiger partial charge in [0, 0.05) is 12.7 Å². The van der Waals surface area contributed by atoms with E-state index in [1.54, 1.807) is 12.4 Å². The van der Waals surface area contributed by atoms with Crippen LogP contribution in [-0.2, 0) is 0 Å². The predicted molar refractivity (Wildman–Crippen MR) is 65.8 cm³/mol. The van der Waals surface area contributed by atoms with Crippen LogP contribution >= 0.6 is 0 Å². The lowest BCUT2D eigenvalue weighted by Gasteiger charge is -2.10. The highest BCUT2D eigenvalue weighted by molar-refractivity contribution is 5.15. The van der Waals surface area contributed by atoms with Crippen molar-refractivity contribution in [2.45, 2.75) is 6.42 Å². The highest BCUT2D eigenvalue weighted by atomic mass is 16.5. The molecule has 0 saturated carbocycles. The fourth-order valence-corrected chi connectivity index (χ4v) is 1.32. The van der Waals surface area contributed by atoms with E-state index in [1.165, 1.54) is 6.42 Å². The van der Waals surface area contributed by atoms with E-state index < -0.39 is 0 Å². The van der Waals surface area contributed by atoms with Crippen LogP contribution in [0.3, 0.4) is 0 Å². The van der Waals surface area contributed by atoms with Crippen molar-refractivity contribution in [2.24, 2.45) is 0 Å². The Kier molecular flexibility index (Phi) is 6.53. The average molecular weight is 223 g/mol. The van der Waals surface area contributed by atoms with Crippen LogP contribution in [0.4, 0.5) is 0 Å². The molecule has 0 fully saturated rings. The molecule has 1 heterocycles. The van der Waals surface area contributed by atoms with Gasteiger partial charge < -0.3 is 15.0 Å². The van der Waals surface area contributed by atoms with E-state index in [0.29, 0.717) is 6.61 Å². The molecule has 0 aliphatic heterocycles. The van der Waals surface area contributed by atoms with Gasteiger partial charge in [0.1, 0.15) is 12.4 Å². The van der Waals surface area contributed by atoms with Crippen LogP contribution in [0.5, 0.6) is 5.75 Å². The summed E-state index contributed by atoms with van der Waals surface area (Å²) < 4.78 is 5.50. The zero-order chi connectivity index (χ0) is 11.6. The molecule has 1 aromatic rings. The Bertz CT molecular complexity index is 264. The van der Waals surface area contributed by atoms with Crippen LogP contribution in [0.15, 0.2) is 24.5 Å². The van der Waals surface area contributed by atoms with Crippen molar-refractivity contribution in [3.05, 3.63) is 24.5 Å². The second-order valence-electron chi connectivity index (χ2n) is 3.94. The fraction of sp³-hybridized carbons (Fsp3) is 0.583. The maximum Gasteiger partial charge on any atom is 0.137 e. The Labute approximate surface area is 97.6 Å². The minimum atomic E-state index is 0.688. The number of pyridine rings is 1. The quantitative estimate of drug-likeness (QED) is 0.667. The maximum atomic E-state index is 5.50. The Morgan fingerprint density at radius 3 is 2.94 bits per heavy atom. The van der Waals surface area contributed by atoms with Gasteiger partial charge in [-0.25, -0.2) is 0 Å². The first-order valence-corrected chi connectivity index (χ1v) is 5.67. The van der Waals surface area contributed by atoms with Crippen molar-refractivity contribution in [2.75, 3.05) is 40.3 Å². The third-order valence-corrected chi connectivity index (χ3v) is 2.14. The van der Waals surface area contributed by atoms with Gasteiger partial charge in [0.05, 0.1) is 6.20 Å². The van der Waals surface area contributed by atoms with Crippen LogP contribution in [0, 0.1) is 0 Å². The van der Waals surface area contributed by atoms with Crippen LogP contribution in [-0.4, -0.2) is 50.2 Å². The van der Waals surface area contributed by atoms with E-state index in [9.17, 15) is 0 Å². The molecule has 0 aliphatic rings. The zero-order valence-corrected chi connectivity index (χ0v) is 10.1. The molecule has 16 heavy (non-hydrogen) atoms. The van der Waals surface area contributed by atoms with Crippen LogP contribution in [0.2, 0.25) is 0 Å². The molecule has 0 aliphatic carbocycles. The van der Waals surface area contributed by atoms with E-state index in [0.717, 1.165) is 25.4 Å². The Morgan fingerprint density at radius 2 is 2.25 bits per heavy atom. The van der Waals surface area contributed by atoms with Gasteiger partial charge in [-0.05, 0) is 45.7 Å². The van der Waals surface area contributed by atoms with E-state index in [1.807, 2.05) is 12.1 Å². The number of ether oxygens (including phenoxy) is 1. The summed E-state index contributed by atoms with van der Waals surface area (Å²) >= 11 is 0. The van der Waals surface area contributed by atoms with Gasteiger partial charge in [-0.1, -0.05) is 0 Å². The third kappa shape index (κ3) is 6.37. The summed E-state index contributed by atoms with van der Waals surface area (Å²) in [5.74, 6) is 0.831. The molecule has 1 N–H and O–H groups in total. The van der Waals surface area contributed by atoms with E-state index >= 15 is 0 Å². The predicted octanol–water partition coefficient (Wildman–Crippen LogP) is 1.00. The summed E-state index contributed by atoms with van der Waals surface area (Å²) in [4.78, 5) is 6.17. The van der Waals surface area contributed by atoms with Crippen molar-refractivity contribution >= 4 is 0 Å². The van der Waals surface area contributed by atoms with Crippen molar-refractivity contribution in [3.63, 3.8) is 0 Å².